The van der Waals surface area contributed by atoms with Gasteiger partial charge in [-0.2, -0.15) is 0 Å². The lowest BCUT2D eigenvalue weighted by atomic mass is 9.90. The van der Waals surface area contributed by atoms with Crippen molar-refractivity contribution in [3.8, 4) is 5.75 Å². The Morgan fingerprint density at radius 1 is 0.905 bits per heavy atom. The molecule has 0 radical (unpaired) electrons. The Morgan fingerprint density at radius 3 is 2.05 bits per heavy atom. The second-order valence-electron chi connectivity index (χ2n) is 7.37. The summed E-state index contributed by atoms with van der Waals surface area (Å²) in [4.78, 5) is 0. The van der Waals surface area contributed by atoms with Gasteiger partial charge < -0.3 is 9.47 Å². The lowest BCUT2D eigenvalue weighted by Gasteiger charge is -2.18. The van der Waals surface area contributed by atoms with E-state index in [0.717, 1.165) is 18.8 Å². The Labute approximate surface area is 130 Å². The van der Waals surface area contributed by atoms with Gasteiger partial charge in [-0.1, -0.05) is 53.7 Å². The first-order chi connectivity index (χ1) is 9.79. The van der Waals surface area contributed by atoms with E-state index in [9.17, 15) is 0 Å². The van der Waals surface area contributed by atoms with E-state index in [0.29, 0.717) is 30.5 Å². The largest absolute Gasteiger partial charge is 0.491 e. The van der Waals surface area contributed by atoms with Crippen LogP contribution in [0.15, 0.2) is 24.3 Å². The van der Waals surface area contributed by atoms with Gasteiger partial charge in [0.05, 0.1) is 6.61 Å². The highest BCUT2D eigenvalue weighted by atomic mass is 16.5. The van der Waals surface area contributed by atoms with Crippen LogP contribution < -0.4 is 4.74 Å². The topological polar surface area (TPSA) is 18.5 Å². The Hall–Kier alpha value is -1.02. The van der Waals surface area contributed by atoms with Crippen molar-refractivity contribution in [2.24, 2.45) is 11.3 Å². The Morgan fingerprint density at radius 2 is 1.52 bits per heavy atom. The van der Waals surface area contributed by atoms with Crippen molar-refractivity contribution >= 4 is 0 Å². The van der Waals surface area contributed by atoms with Gasteiger partial charge in [0.15, 0.2) is 0 Å². The van der Waals surface area contributed by atoms with E-state index in [1.165, 1.54) is 5.56 Å². The van der Waals surface area contributed by atoms with Crippen molar-refractivity contribution in [2.45, 2.75) is 53.9 Å². The third kappa shape index (κ3) is 7.52. The second-order valence-corrected chi connectivity index (χ2v) is 7.37. The van der Waals surface area contributed by atoms with Crippen molar-refractivity contribution in [3.63, 3.8) is 0 Å². The molecule has 0 saturated heterocycles. The van der Waals surface area contributed by atoms with Crippen molar-refractivity contribution in [2.75, 3.05) is 19.8 Å². The molecular weight excluding hydrogens is 260 g/mol. The van der Waals surface area contributed by atoms with E-state index in [2.05, 4.69) is 65.8 Å². The van der Waals surface area contributed by atoms with E-state index in [4.69, 9.17) is 9.47 Å². The summed E-state index contributed by atoms with van der Waals surface area (Å²) in [5.74, 6) is 2.17. The highest BCUT2D eigenvalue weighted by Gasteiger charge is 2.10. The maximum Gasteiger partial charge on any atom is 0.119 e. The summed E-state index contributed by atoms with van der Waals surface area (Å²) in [7, 11) is 0. The number of ether oxygens (including phenoxy) is 2. The summed E-state index contributed by atoms with van der Waals surface area (Å²) in [6, 6.07) is 8.45. The molecule has 0 fully saturated rings. The normalized spacial score (nSPS) is 13.5. The molecule has 0 saturated carbocycles. The minimum Gasteiger partial charge on any atom is -0.491 e. The zero-order chi connectivity index (χ0) is 15.9. The molecule has 1 rings (SSSR count). The summed E-state index contributed by atoms with van der Waals surface area (Å²) in [6.45, 7) is 15.5. The summed E-state index contributed by atoms with van der Waals surface area (Å²) >= 11 is 0. The highest BCUT2D eigenvalue weighted by Crippen LogP contribution is 2.25. The fourth-order valence-electron chi connectivity index (χ4n) is 1.95. The Balaban J connectivity index is 2.24. The average molecular weight is 292 g/mol. The van der Waals surface area contributed by atoms with Crippen LogP contribution in [0.5, 0.6) is 5.75 Å². The van der Waals surface area contributed by atoms with Crippen molar-refractivity contribution in [1.29, 1.82) is 0 Å². The van der Waals surface area contributed by atoms with E-state index in [1.807, 2.05) is 0 Å². The van der Waals surface area contributed by atoms with Crippen molar-refractivity contribution in [1.82, 2.24) is 0 Å². The minimum absolute atomic E-state index is 0.337. The molecule has 0 aliphatic carbocycles. The molecule has 0 amide bonds. The highest BCUT2D eigenvalue weighted by molar-refractivity contribution is 5.29. The molecule has 1 atom stereocenters. The lowest BCUT2D eigenvalue weighted by Crippen LogP contribution is -2.13. The maximum absolute atomic E-state index is 5.71. The SMILES string of the molecule is CC(C)C(C)c1ccc(OCCOCCC(C)(C)C)cc1. The number of hydrogen-bond donors (Lipinski definition) is 0. The van der Waals surface area contributed by atoms with Crippen LogP contribution in [0.4, 0.5) is 0 Å². The molecule has 0 aromatic heterocycles. The van der Waals surface area contributed by atoms with Crippen molar-refractivity contribution < 1.29 is 9.47 Å². The van der Waals surface area contributed by atoms with Crippen LogP contribution in [0.3, 0.4) is 0 Å². The number of rotatable bonds is 8. The van der Waals surface area contributed by atoms with Crippen LogP contribution in [-0.4, -0.2) is 19.8 Å². The second kappa shape index (κ2) is 8.43. The molecule has 120 valence electrons. The third-order valence-corrected chi connectivity index (χ3v) is 3.90. The molecule has 0 heterocycles. The van der Waals surface area contributed by atoms with Crippen LogP contribution in [0.1, 0.15) is 59.4 Å². The molecule has 1 unspecified atom stereocenters. The fourth-order valence-corrected chi connectivity index (χ4v) is 1.95. The molecule has 1 aromatic rings. The van der Waals surface area contributed by atoms with E-state index in [1.54, 1.807) is 0 Å². The fraction of sp³-hybridized carbons (Fsp3) is 0.684. The molecule has 0 spiro atoms. The summed E-state index contributed by atoms with van der Waals surface area (Å²) < 4.78 is 11.3. The maximum atomic E-state index is 5.71. The van der Waals surface area contributed by atoms with Crippen LogP contribution in [0.25, 0.3) is 0 Å². The Bertz CT molecular complexity index is 387. The van der Waals surface area contributed by atoms with Crippen LogP contribution >= 0.6 is 0 Å². The summed E-state index contributed by atoms with van der Waals surface area (Å²) in [5.41, 5.74) is 1.71. The standard InChI is InChI=1S/C19H32O2/c1-15(2)16(3)17-7-9-18(10-8-17)21-14-13-20-12-11-19(4,5)6/h7-10,15-16H,11-14H2,1-6H3. The monoisotopic (exact) mass is 292 g/mol. The summed E-state index contributed by atoms with van der Waals surface area (Å²) in [5, 5.41) is 0. The molecule has 21 heavy (non-hydrogen) atoms. The van der Waals surface area contributed by atoms with Crippen LogP contribution in [0, 0.1) is 11.3 Å². The predicted molar refractivity (Wildman–Crippen MR) is 90.1 cm³/mol. The van der Waals surface area contributed by atoms with Gasteiger partial charge in [0, 0.05) is 6.61 Å². The van der Waals surface area contributed by atoms with Gasteiger partial charge in [-0.15, -0.1) is 0 Å². The first kappa shape index (κ1) is 18.0. The predicted octanol–water partition coefficient (Wildman–Crippen LogP) is 5.28. The third-order valence-electron chi connectivity index (χ3n) is 3.90. The van der Waals surface area contributed by atoms with Gasteiger partial charge in [0.1, 0.15) is 12.4 Å². The molecule has 2 heteroatoms. The molecular formula is C19H32O2. The molecule has 0 aliphatic heterocycles. The van der Waals surface area contributed by atoms with Crippen LogP contribution in [-0.2, 0) is 4.74 Å². The van der Waals surface area contributed by atoms with Gasteiger partial charge in [0.2, 0.25) is 0 Å². The zero-order valence-corrected chi connectivity index (χ0v) is 14.6. The first-order valence-corrected chi connectivity index (χ1v) is 8.10. The lowest BCUT2D eigenvalue weighted by molar-refractivity contribution is 0.0818. The number of benzene rings is 1. The van der Waals surface area contributed by atoms with Crippen molar-refractivity contribution in [3.05, 3.63) is 29.8 Å². The molecule has 0 bridgehead atoms. The quantitative estimate of drug-likeness (QED) is 0.607. The Kier molecular flexibility index (Phi) is 7.24. The van der Waals surface area contributed by atoms with Gasteiger partial charge in [-0.3, -0.25) is 0 Å². The zero-order valence-electron chi connectivity index (χ0n) is 14.6. The molecule has 2 nitrogen and oxygen atoms in total. The average Bonchev–Trinajstić information content (AvgIpc) is 2.41. The van der Waals surface area contributed by atoms with Gasteiger partial charge in [-0.25, -0.2) is 0 Å². The molecule has 0 aliphatic rings. The summed E-state index contributed by atoms with van der Waals surface area (Å²) in [6.07, 6.45) is 1.08. The minimum atomic E-state index is 0.337. The van der Waals surface area contributed by atoms with Gasteiger partial charge >= 0.3 is 0 Å². The smallest absolute Gasteiger partial charge is 0.119 e. The molecule has 0 N–H and O–H groups in total. The van der Waals surface area contributed by atoms with E-state index >= 15 is 0 Å². The first-order valence-electron chi connectivity index (χ1n) is 8.10. The van der Waals surface area contributed by atoms with E-state index in [-0.39, 0.29) is 0 Å². The van der Waals surface area contributed by atoms with E-state index < -0.39 is 0 Å². The van der Waals surface area contributed by atoms with Gasteiger partial charge in [0.25, 0.3) is 0 Å². The number of hydrogen-bond acceptors (Lipinski definition) is 2. The molecule has 1 aromatic carbocycles. The van der Waals surface area contributed by atoms with Crippen LogP contribution in [0.2, 0.25) is 0 Å². The van der Waals surface area contributed by atoms with Gasteiger partial charge in [-0.05, 0) is 41.4 Å².